The first-order valence-electron chi connectivity index (χ1n) is 7.92. The van der Waals surface area contributed by atoms with Crippen LogP contribution in [0, 0.1) is 0 Å². The number of hydrogen-bond donors (Lipinski definition) is 2. The van der Waals surface area contributed by atoms with Gasteiger partial charge in [-0.3, -0.25) is 0 Å². The summed E-state index contributed by atoms with van der Waals surface area (Å²) in [6, 6.07) is 24.9. The van der Waals surface area contributed by atoms with Crippen LogP contribution in [0.15, 0.2) is 72.8 Å². The average Bonchev–Trinajstić information content (AvgIpc) is 2.57. The number of anilines is 2. The maximum absolute atomic E-state index is 5.75. The van der Waals surface area contributed by atoms with Crippen molar-refractivity contribution in [2.45, 2.75) is 19.3 Å². The number of benzene rings is 3. The van der Waals surface area contributed by atoms with Gasteiger partial charge >= 0.3 is 0 Å². The summed E-state index contributed by atoms with van der Waals surface area (Å²) in [5.74, 6) is 0.470. The third kappa shape index (κ3) is 3.72. The maximum atomic E-state index is 5.75. The van der Waals surface area contributed by atoms with Crippen LogP contribution in [0.4, 0.5) is 11.4 Å². The normalized spacial score (nSPS) is 12.0. The van der Waals surface area contributed by atoms with Crippen molar-refractivity contribution in [2.75, 3.05) is 11.5 Å². The van der Waals surface area contributed by atoms with Gasteiger partial charge in [-0.2, -0.15) is 0 Å². The van der Waals surface area contributed by atoms with E-state index < -0.39 is 0 Å². The molecule has 0 spiro atoms. The molecular weight excluding hydrogens is 280 g/mol. The predicted molar refractivity (Wildman–Crippen MR) is 99.3 cm³/mol. The molecule has 0 radical (unpaired) electrons. The fraction of sp³-hybridized carbons (Fsp3) is 0.143. The second-order valence-corrected chi connectivity index (χ2v) is 6.09. The molecule has 0 saturated heterocycles. The minimum atomic E-state index is 0.470. The molecule has 116 valence electrons. The first kappa shape index (κ1) is 15.2. The second-order valence-electron chi connectivity index (χ2n) is 6.09. The Morgan fingerprint density at radius 3 is 1.61 bits per heavy atom. The van der Waals surface area contributed by atoms with Crippen LogP contribution in [0.3, 0.4) is 0 Å². The van der Waals surface area contributed by atoms with E-state index in [1.165, 1.54) is 22.3 Å². The Kier molecular flexibility index (Phi) is 4.33. The third-order valence-electron chi connectivity index (χ3n) is 4.25. The largest absolute Gasteiger partial charge is 0.399 e. The summed E-state index contributed by atoms with van der Waals surface area (Å²) in [5, 5.41) is 0. The van der Waals surface area contributed by atoms with Gasteiger partial charge in [0.05, 0.1) is 0 Å². The van der Waals surface area contributed by atoms with Crippen molar-refractivity contribution < 1.29 is 0 Å². The second kappa shape index (κ2) is 6.57. The maximum Gasteiger partial charge on any atom is 0.0314 e. The molecule has 0 heterocycles. The van der Waals surface area contributed by atoms with Crippen molar-refractivity contribution >= 4 is 11.4 Å². The van der Waals surface area contributed by atoms with Gasteiger partial charge in [-0.15, -0.1) is 0 Å². The Labute approximate surface area is 137 Å². The third-order valence-corrected chi connectivity index (χ3v) is 4.25. The van der Waals surface area contributed by atoms with Crippen molar-refractivity contribution in [3.8, 4) is 11.1 Å². The first-order valence-corrected chi connectivity index (χ1v) is 7.92. The van der Waals surface area contributed by atoms with Gasteiger partial charge in [0.15, 0.2) is 0 Å². The number of rotatable bonds is 4. The van der Waals surface area contributed by atoms with Crippen LogP contribution in [-0.2, 0) is 6.42 Å². The Balaban J connectivity index is 1.72. The Hall–Kier alpha value is -2.74. The van der Waals surface area contributed by atoms with E-state index in [9.17, 15) is 0 Å². The highest BCUT2D eigenvalue weighted by Crippen LogP contribution is 2.24. The molecule has 0 aliphatic heterocycles. The van der Waals surface area contributed by atoms with Gasteiger partial charge in [0.25, 0.3) is 0 Å². The topological polar surface area (TPSA) is 52.0 Å². The highest BCUT2D eigenvalue weighted by atomic mass is 14.5. The fourth-order valence-corrected chi connectivity index (χ4v) is 2.80. The molecule has 0 fully saturated rings. The van der Waals surface area contributed by atoms with Crippen LogP contribution in [0.25, 0.3) is 11.1 Å². The Bertz CT molecular complexity index is 756. The molecule has 0 saturated carbocycles. The zero-order valence-electron chi connectivity index (χ0n) is 13.4. The highest BCUT2D eigenvalue weighted by molar-refractivity contribution is 5.65. The van der Waals surface area contributed by atoms with E-state index in [1.807, 2.05) is 24.3 Å². The standard InChI is InChI=1S/C21H22N2/c1-15(17-6-10-20(22)11-7-17)14-16-2-4-18(5-3-16)19-8-12-21(23)13-9-19/h2-13,15H,14,22-23H2,1H3. The highest BCUT2D eigenvalue weighted by Gasteiger charge is 2.07. The lowest BCUT2D eigenvalue weighted by Crippen LogP contribution is -1.99. The smallest absolute Gasteiger partial charge is 0.0314 e. The van der Waals surface area contributed by atoms with Crippen molar-refractivity contribution in [3.05, 3.63) is 83.9 Å². The molecule has 0 aliphatic carbocycles. The number of nitrogen functional groups attached to an aromatic ring is 2. The zero-order valence-corrected chi connectivity index (χ0v) is 13.4. The molecule has 2 nitrogen and oxygen atoms in total. The van der Waals surface area contributed by atoms with E-state index in [0.717, 1.165) is 17.8 Å². The predicted octanol–water partition coefficient (Wildman–Crippen LogP) is 4.86. The van der Waals surface area contributed by atoms with E-state index >= 15 is 0 Å². The summed E-state index contributed by atoms with van der Waals surface area (Å²) in [5.41, 5.74) is 18.2. The lowest BCUT2D eigenvalue weighted by molar-refractivity contribution is 0.759. The lowest BCUT2D eigenvalue weighted by Gasteiger charge is -2.13. The van der Waals surface area contributed by atoms with Gasteiger partial charge in [0.1, 0.15) is 0 Å². The van der Waals surface area contributed by atoms with Gasteiger partial charge in [-0.25, -0.2) is 0 Å². The van der Waals surface area contributed by atoms with Crippen molar-refractivity contribution in [1.82, 2.24) is 0 Å². The molecule has 23 heavy (non-hydrogen) atoms. The summed E-state index contributed by atoms with van der Waals surface area (Å²) in [4.78, 5) is 0. The zero-order chi connectivity index (χ0) is 16.2. The molecule has 3 aromatic carbocycles. The summed E-state index contributed by atoms with van der Waals surface area (Å²) in [7, 11) is 0. The van der Waals surface area contributed by atoms with Gasteiger partial charge in [-0.05, 0) is 58.9 Å². The molecule has 2 heteroatoms. The first-order chi connectivity index (χ1) is 11.1. The van der Waals surface area contributed by atoms with Crippen molar-refractivity contribution in [3.63, 3.8) is 0 Å². The lowest BCUT2D eigenvalue weighted by atomic mass is 9.92. The van der Waals surface area contributed by atoms with Gasteiger partial charge in [-0.1, -0.05) is 55.5 Å². The van der Waals surface area contributed by atoms with Crippen LogP contribution < -0.4 is 11.5 Å². The SMILES string of the molecule is CC(Cc1ccc(-c2ccc(N)cc2)cc1)c1ccc(N)cc1. The van der Waals surface area contributed by atoms with E-state index in [-0.39, 0.29) is 0 Å². The number of hydrogen-bond acceptors (Lipinski definition) is 2. The number of nitrogens with two attached hydrogens (primary N) is 2. The van der Waals surface area contributed by atoms with E-state index in [0.29, 0.717) is 5.92 Å². The Morgan fingerprint density at radius 2 is 1.09 bits per heavy atom. The molecule has 4 N–H and O–H groups in total. The molecule has 0 aromatic heterocycles. The van der Waals surface area contributed by atoms with Crippen LogP contribution in [0.5, 0.6) is 0 Å². The molecule has 3 aromatic rings. The molecular formula is C21H22N2. The molecule has 3 rings (SSSR count). The average molecular weight is 302 g/mol. The van der Waals surface area contributed by atoms with E-state index in [2.05, 4.69) is 55.5 Å². The van der Waals surface area contributed by atoms with Crippen LogP contribution >= 0.6 is 0 Å². The van der Waals surface area contributed by atoms with Crippen molar-refractivity contribution in [2.24, 2.45) is 0 Å². The van der Waals surface area contributed by atoms with Crippen LogP contribution in [0.1, 0.15) is 24.0 Å². The van der Waals surface area contributed by atoms with E-state index in [1.54, 1.807) is 0 Å². The van der Waals surface area contributed by atoms with Gasteiger partial charge in [0, 0.05) is 11.4 Å². The van der Waals surface area contributed by atoms with E-state index in [4.69, 9.17) is 11.5 Å². The van der Waals surface area contributed by atoms with Gasteiger partial charge < -0.3 is 11.5 Å². The molecule has 0 bridgehead atoms. The van der Waals surface area contributed by atoms with Crippen molar-refractivity contribution in [1.29, 1.82) is 0 Å². The summed E-state index contributed by atoms with van der Waals surface area (Å²) < 4.78 is 0. The molecule has 1 atom stereocenters. The molecule has 0 amide bonds. The van der Waals surface area contributed by atoms with Gasteiger partial charge in [0.2, 0.25) is 0 Å². The van der Waals surface area contributed by atoms with Crippen LogP contribution in [0.2, 0.25) is 0 Å². The molecule has 1 unspecified atom stereocenters. The van der Waals surface area contributed by atoms with Crippen LogP contribution in [-0.4, -0.2) is 0 Å². The Morgan fingerprint density at radius 1 is 0.652 bits per heavy atom. The summed E-state index contributed by atoms with van der Waals surface area (Å²) in [6.07, 6.45) is 1.02. The minimum Gasteiger partial charge on any atom is -0.399 e. The molecule has 0 aliphatic rings. The summed E-state index contributed by atoms with van der Waals surface area (Å²) in [6.45, 7) is 2.25. The fourth-order valence-electron chi connectivity index (χ4n) is 2.80. The quantitative estimate of drug-likeness (QED) is 0.676. The summed E-state index contributed by atoms with van der Waals surface area (Å²) >= 11 is 0. The minimum absolute atomic E-state index is 0.470. The monoisotopic (exact) mass is 302 g/mol.